The molecule has 0 bridgehead atoms. The molecule has 0 saturated carbocycles. The van der Waals surface area contributed by atoms with Gasteiger partial charge in [0.25, 0.3) is 0 Å². The SMILES string of the molecule is CC(=N[S+]([O-])C(C)(C)C)c1cccc(C(F)(F)[C@@H]2CCCO2)c1F. The average Bonchev–Trinajstić information content (AvgIpc) is 3.01. The number of hydrogen-bond donors (Lipinski definition) is 0. The molecule has 1 unspecified atom stereocenters. The van der Waals surface area contributed by atoms with Crippen LogP contribution in [0.4, 0.5) is 13.2 Å². The topological polar surface area (TPSA) is 44.7 Å². The van der Waals surface area contributed by atoms with Gasteiger partial charge in [0.1, 0.15) is 28.0 Å². The second-order valence-electron chi connectivity index (χ2n) is 6.83. The molecule has 1 saturated heterocycles. The molecular formula is C17H22F3NO2S. The Kier molecular flexibility index (Phi) is 5.67. The van der Waals surface area contributed by atoms with Crippen molar-refractivity contribution in [1.29, 1.82) is 0 Å². The maximum absolute atomic E-state index is 14.7. The van der Waals surface area contributed by atoms with Crippen molar-refractivity contribution >= 4 is 17.1 Å². The molecule has 0 amide bonds. The van der Waals surface area contributed by atoms with E-state index in [1.54, 1.807) is 20.8 Å². The van der Waals surface area contributed by atoms with Crippen molar-refractivity contribution in [3.8, 4) is 0 Å². The summed E-state index contributed by atoms with van der Waals surface area (Å²) in [6.07, 6.45) is -0.590. The molecular weight excluding hydrogens is 339 g/mol. The third-order valence-electron chi connectivity index (χ3n) is 3.83. The monoisotopic (exact) mass is 361 g/mol. The Hall–Kier alpha value is -1.05. The van der Waals surface area contributed by atoms with Crippen LogP contribution in [0.5, 0.6) is 0 Å². The summed E-state index contributed by atoms with van der Waals surface area (Å²) in [5, 5.41) is 0. The molecule has 1 fully saturated rings. The van der Waals surface area contributed by atoms with E-state index in [4.69, 9.17) is 4.74 Å². The minimum Gasteiger partial charge on any atom is -0.591 e. The second kappa shape index (κ2) is 7.06. The predicted molar refractivity (Wildman–Crippen MR) is 89.4 cm³/mol. The van der Waals surface area contributed by atoms with Gasteiger partial charge in [-0.25, -0.2) is 4.39 Å². The van der Waals surface area contributed by atoms with Crippen molar-refractivity contribution in [2.24, 2.45) is 4.40 Å². The fraction of sp³-hybridized carbons (Fsp3) is 0.588. The van der Waals surface area contributed by atoms with Crippen LogP contribution < -0.4 is 0 Å². The standard InChI is InChI=1S/C17H22F3NO2S/c1-11(21-24(22)16(2,3)4)12-7-5-8-13(15(12)18)17(19,20)14-9-6-10-23-14/h5,7-8,14H,6,9-10H2,1-4H3/t14-,24?/m0/s1. The highest BCUT2D eigenvalue weighted by Gasteiger charge is 2.46. The van der Waals surface area contributed by atoms with Gasteiger partial charge in [-0.05, 0) is 46.6 Å². The molecule has 0 aromatic heterocycles. The van der Waals surface area contributed by atoms with E-state index in [1.165, 1.54) is 19.1 Å². The third kappa shape index (κ3) is 3.95. The first kappa shape index (κ1) is 19.3. The first-order valence-electron chi connectivity index (χ1n) is 7.81. The first-order chi connectivity index (χ1) is 11.0. The maximum atomic E-state index is 14.7. The zero-order chi connectivity index (χ0) is 18.1. The third-order valence-corrected chi connectivity index (χ3v) is 5.31. The lowest BCUT2D eigenvalue weighted by molar-refractivity contribution is -0.124. The van der Waals surface area contributed by atoms with E-state index >= 15 is 0 Å². The fourth-order valence-electron chi connectivity index (χ4n) is 2.42. The normalized spacial score (nSPS) is 21.2. The van der Waals surface area contributed by atoms with Gasteiger partial charge in [-0.3, -0.25) is 0 Å². The van der Waals surface area contributed by atoms with Gasteiger partial charge < -0.3 is 9.29 Å². The number of nitrogens with zero attached hydrogens (tertiary/aromatic N) is 1. The zero-order valence-electron chi connectivity index (χ0n) is 14.2. The molecule has 0 spiro atoms. The van der Waals surface area contributed by atoms with Crippen molar-refractivity contribution in [3.05, 3.63) is 35.1 Å². The quantitative estimate of drug-likeness (QED) is 0.590. The fourth-order valence-corrected chi connectivity index (χ4v) is 3.04. The van der Waals surface area contributed by atoms with E-state index in [2.05, 4.69) is 4.40 Å². The van der Waals surface area contributed by atoms with Crippen molar-refractivity contribution in [1.82, 2.24) is 0 Å². The van der Waals surface area contributed by atoms with Gasteiger partial charge in [0.05, 0.1) is 11.3 Å². The minimum atomic E-state index is -3.42. The molecule has 134 valence electrons. The Labute approximate surface area is 143 Å². The number of hydrogen-bond acceptors (Lipinski definition) is 3. The van der Waals surface area contributed by atoms with Crippen LogP contribution in [0.1, 0.15) is 51.7 Å². The number of halogens is 3. The smallest absolute Gasteiger partial charge is 0.301 e. The Morgan fingerprint density at radius 3 is 2.54 bits per heavy atom. The molecule has 24 heavy (non-hydrogen) atoms. The summed E-state index contributed by atoms with van der Waals surface area (Å²) in [5.41, 5.74) is -0.642. The Balaban J connectivity index is 2.39. The molecule has 1 aliphatic rings. The van der Waals surface area contributed by atoms with Crippen molar-refractivity contribution in [2.45, 2.75) is 57.3 Å². The van der Waals surface area contributed by atoms with E-state index in [-0.39, 0.29) is 24.3 Å². The Bertz CT molecular complexity index is 623. The molecule has 2 atom stereocenters. The van der Waals surface area contributed by atoms with Crippen LogP contribution in [0.15, 0.2) is 22.6 Å². The summed E-state index contributed by atoms with van der Waals surface area (Å²) >= 11 is -1.60. The summed E-state index contributed by atoms with van der Waals surface area (Å²) in [6.45, 7) is 6.93. The zero-order valence-corrected chi connectivity index (χ0v) is 15.1. The molecule has 1 aromatic rings. The van der Waals surface area contributed by atoms with E-state index < -0.39 is 39.5 Å². The van der Waals surface area contributed by atoms with Crippen LogP contribution in [0.3, 0.4) is 0 Å². The van der Waals surface area contributed by atoms with E-state index in [1.807, 2.05) is 0 Å². The summed E-state index contributed by atoms with van der Waals surface area (Å²) in [6, 6.07) is 3.78. The second-order valence-corrected chi connectivity index (χ2v) is 8.74. The minimum absolute atomic E-state index is 0.0669. The maximum Gasteiger partial charge on any atom is 0.301 e. The highest BCUT2D eigenvalue weighted by Crippen LogP contribution is 2.40. The first-order valence-corrected chi connectivity index (χ1v) is 8.92. The van der Waals surface area contributed by atoms with Gasteiger partial charge in [0, 0.05) is 12.2 Å². The van der Waals surface area contributed by atoms with Crippen molar-refractivity contribution in [2.75, 3.05) is 6.61 Å². The largest absolute Gasteiger partial charge is 0.591 e. The molecule has 0 radical (unpaired) electrons. The predicted octanol–water partition coefficient (Wildman–Crippen LogP) is 4.37. The highest BCUT2D eigenvalue weighted by molar-refractivity contribution is 7.91. The lowest BCUT2D eigenvalue weighted by Crippen LogP contribution is -2.32. The molecule has 1 aliphatic heterocycles. The number of benzene rings is 1. The molecule has 2 rings (SSSR count). The summed E-state index contributed by atoms with van der Waals surface area (Å²) in [7, 11) is 0. The van der Waals surface area contributed by atoms with Crippen LogP contribution in [-0.2, 0) is 22.0 Å². The van der Waals surface area contributed by atoms with Crippen LogP contribution in [0.2, 0.25) is 0 Å². The van der Waals surface area contributed by atoms with Crippen molar-refractivity contribution in [3.63, 3.8) is 0 Å². The van der Waals surface area contributed by atoms with Gasteiger partial charge in [0.2, 0.25) is 0 Å². The van der Waals surface area contributed by atoms with Gasteiger partial charge in [0.15, 0.2) is 0 Å². The van der Waals surface area contributed by atoms with Crippen molar-refractivity contribution < 1.29 is 22.5 Å². The number of alkyl halides is 2. The lowest BCUT2D eigenvalue weighted by atomic mass is 9.97. The summed E-state index contributed by atoms with van der Waals surface area (Å²) in [4.78, 5) is 0. The molecule has 0 N–H and O–H groups in total. The molecule has 0 aliphatic carbocycles. The highest BCUT2D eigenvalue weighted by atomic mass is 32.2. The Morgan fingerprint density at radius 2 is 2.00 bits per heavy atom. The number of ether oxygens (including phenoxy) is 1. The van der Waals surface area contributed by atoms with E-state index in [0.717, 1.165) is 6.07 Å². The van der Waals surface area contributed by atoms with Crippen LogP contribution in [-0.4, -0.2) is 27.7 Å². The molecule has 1 heterocycles. The Morgan fingerprint density at radius 1 is 1.33 bits per heavy atom. The van der Waals surface area contributed by atoms with Crippen LogP contribution in [0.25, 0.3) is 0 Å². The van der Waals surface area contributed by atoms with Crippen LogP contribution in [0, 0.1) is 5.82 Å². The average molecular weight is 361 g/mol. The summed E-state index contributed by atoms with van der Waals surface area (Å²) in [5.74, 6) is -4.45. The van der Waals surface area contributed by atoms with Gasteiger partial charge in [-0.2, -0.15) is 8.78 Å². The van der Waals surface area contributed by atoms with Crippen LogP contribution >= 0.6 is 0 Å². The van der Waals surface area contributed by atoms with E-state index in [0.29, 0.717) is 6.42 Å². The molecule has 1 aromatic carbocycles. The van der Waals surface area contributed by atoms with Gasteiger partial charge >= 0.3 is 5.92 Å². The number of rotatable bonds is 4. The summed E-state index contributed by atoms with van der Waals surface area (Å²) < 4.78 is 64.3. The molecule has 7 heteroatoms. The van der Waals surface area contributed by atoms with E-state index in [9.17, 15) is 17.7 Å². The lowest BCUT2D eigenvalue weighted by Gasteiger charge is -2.24. The van der Waals surface area contributed by atoms with Gasteiger partial charge in [-0.15, -0.1) is 0 Å². The molecule has 3 nitrogen and oxygen atoms in total. The van der Waals surface area contributed by atoms with Gasteiger partial charge in [-0.1, -0.05) is 16.5 Å².